The van der Waals surface area contributed by atoms with Gasteiger partial charge in [0.25, 0.3) is 0 Å². The van der Waals surface area contributed by atoms with Crippen molar-refractivity contribution in [3.05, 3.63) is 11.7 Å². The highest BCUT2D eigenvalue weighted by atomic mass is 16.5. The molecular weight excluding hydrogens is 290 g/mol. The van der Waals surface area contributed by atoms with Crippen molar-refractivity contribution in [2.24, 2.45) is 11.8 Å². The summed E-state index contributed by atoms with van der Waals surface area (Å²) in [6, 6.07) is 0. The second-order valence-corrected chi connectivity index (χ2v) is 7.59. The van der Waals surface area contributed by atoms with E-state index in [1.165, 1.54) is 6.42 Å². The summed E-state index contributed by atoms with van der Waals surface area (Å²) in [5.41, 5.74) is -0.0711. The Morgan fingerprint density at radius 2 is 2.13 bits per heavy atom. The lowest BCUT2D eigenvalue weighted by molar-refractivity contribution is -0.135. The third-order valence-electron chi connectivity index (χ3n) is 5.90. The Morgan fingerprint density at radius 1 is 1.39 bits per heavy atom. The number of fused-ring (bicyclic) bond motifs is 1. The molecule has 2 unspecified atom stereocenters. The van der Waals surface area contributed by atoms with Crippen molar-refractivity contribution in [1.29, 1.82) is 0 Å². The van der Waals surface area contributed by atoms with Crippen molar-refractivity contribution < 1.29 is 9.32 Å². The van der Waals surface area contributed by atoms with E-state index in [-0.39, 0.29) is 17.3 Å². The van der Waals surface area contributed by atoms with Crippen LogP contribution >= 0.6 is 0 Å². The largest absolute Gasteiger partial charge is 0.341 e. The van der Waals surface area contributed by atoms with Gasteiger partial charge >= 0.3 is 0 Å². The predicted molar refractivity (Wildman–Crippen MR) is 88.1 cm³/mol. The quantitative estimate of drug-likeness (QED) is 0.833. The lowest BCUT2D eigenvalue weighted by Gasteiger charge is -2.26. The first-order chi connectivity index (χ1) is 11.0. The fraction of sp³-hybridized carbons (Fsp3) is 0.833. The molecule has 1 aromatic heterocycles. The van der Waals surface area contributed by atoms with Crippen LogP contribution < -0.4 is 0 Å². The van der Waals surface area contributed by atoms with Crippen molar-refractivity contribution >= 4 is 5.91 Å². The molecule has 0 N–H and O–H groups in total. The number of amides is 1. The molecule has 1 aliphatic heterocycles. The molecule has 5 nitrogen and oxygen atoms in total. The number of rotatable bonds is 5. The van der Waals surface area contributed by atoms with Gasteiger partial charge < -0.3 is 9.42 Å². The van der Waals surface area contributed by atoms with Crippen molar-refractivity contribution in [3.63, 3.8) is 0 Å². The van der Waals surface area contributed by atoms with Crippen LogP contribution in [0.3, 0.4) is 0 Å². The molecule has 0 radical (unpaired) electrons. The molecule has 0 aromatic carbocycles. The minimum absolute atomic E-state index is 0.0711. The Labute approximate surface area is 138 Å². The number of aromatic nitrogens is 2. The molecule has 0 spiro atoms. The SMILES string of the molecule is CCC(CC)C(=O)N1CC2CCCC2(c2noc(C(C)C)n2)C1. The second kappa shape index (κ2) is 6.25. The number of nitrogens with zero attached hydrogens (tertiary/aromatic N) is 3. The fourth-order valence-electron chi connectivity index (χ4n) is 4.39. The highest BCUT2D eigenvalue weighted by molar-refractivity contribution is 5.79. The molecule has 1 saturated heterocycles. The third-order valence-corrected chi connectivity index (χ3v) is 5.90. The highest BCUT2D eigenvalue weighted by Crippen LogP contribution is 2.50. The predicted octanol–water partition coefficient (Wildman–Crippen LogP) is 3.51. The van der Waals surface area contributed by atoms with E-state index in [1.54, 1.807) is 0 Å². The van der Waals surface area contributed by atoms with Crippen LogP contribution in [-0.4, -0.2) is 34.0 Å². The summed E-state index contributed by atoms with van der Waals surface area (Å²) < 4.78 is 5.46. The summed E-state index contributed by atoms with van der Waals surface area (Å²) in [4.78, 5) is 19.6. The molecule has 23 heavy (non-hydrogen) atoms. The first-order valence-electron chi connectivity index (χ1n) is 9.14. The van der Waals surface area contributed by atoms with Gasteiger partial charge in [-0.25, -0.2) is 0 Å². The Hall–Kier alpha value is -1.39. The Kier molecular flexibility index (Phi) is 4.47. The van der Waals surface area contributed by atoms with Gasteiger partial charge in [0, 0.05) is 24.9 Å². The van der Waals surface area contributed by atoms with E-state index >= 15 is 0 Å². The maximum atomic E-state index is 12.8. The normalized spacial score (nSPS) is 27.2. The van der Waals surface area contributed by atoms with E-state index in [2.05, 4.69) is 42.7 Å². The average Bonchev–Trinajstić information content (AvgIpc) is 3.21. The topological polar surface area (TPSA) is 59.2 Å². The van der Waals surface area contributed by atoms with Gasteiger partial charge in [-0.2, -0.15) is 4.98 Å². The van der Waals surface area contributed by atoms with Gasteiger partial charge in [-0.3, -0.25) is 4.79 Å². The third kappa shape index (κ3) is 2.68. The zero-order chi connectivity index (χ0) is 16.6. The molecule has 0 bridgehead atoms. The van der Waals surface area contributed by atoms with Gasteiger partial charge in [0.05, 0.1) is 5.41 Å². The maximum absolute atomic E-state index is 12.8. The zero-order valence-electron chi connectivity index (χ0n) is 14.8. The summed E-state index contributed by atoms with van der Waals surface area (Å²) in [6.45, 7) is 9.97. The number of likely N-dealkylation sites (tertiary alicyclic amines) is 1. The highest BCUT2D eigenvalue weighted by Gasteiger charge is 2.54. The van der Waals surface area contributed by atoms with Gasteiger partial charge in [-0.05, 0) is 31.6 Å². The first-order valence-corrected chi connectivity index (χ1v) is 9.14. The van der Waals surface area contributed by atoms with Crippen LogP contribution in [-0.2, 0) is 10.2 Å². The van der Waals surface area contributed by atoms with Crippen molar-refractivity contribution in [2.75, 3.05) is 13.1 Å². The molecule has 3 rings (SSSR count). The van der Waals surface area contributed by atoms with Crippen molar-refractivity contribution in [1.82, 2.24) is 15.0 Å². The molecular formula is C18H29N3O2. The van der Waals surface area contributed by atoms with Crippen LogP contribution in [0.15, 0.2) is 4.52 Å². The van der Waals surface area contributed by atoms with E-state index in [4.69, 9.17) is 4.52 Å². The van der Waals surface area contributed by atoms with E-state index in [0.717, 1.165) is 44.6 Å². The van der Waals surface area contributed by atoms with Crippen molar-refractivity contribution in [2.45, 2.75) is 71.1 Å². The summed E-state index contributed by atoms with van der Waals surface area (Å²) in [5.74, 6) is 2.75. The van der Waals surface area contributed by atoms with Crippen LogP contribution in [0, 0.1) is 11.8 Å². The zero-order valence-corrected chi connectivity index (χ0v) is 14.8. The standard InChI is InChI=1S/C18H29N3O2/c1-5-13(6-2)16(22)21-10-14-8-7-9-18(14,11-21)17-19-15(12(3)4)23-20-17/h12-14H,5-11H2,1-4H3. The minimum atomic E-state index is -0.0711. The Balaban J connectivity index is 1.84. The van der Waals surface area contributed by atoms with E-state index in [0.29, 0.717) is 17.7 Å². The lowest BCUT2D eigenvalue weighted by atomic mass is 9.80. The van der Waals surface area contributed by atoms with Gasteiger partial charge in [0.15, 0.2) is 5.82 Å². The van der Waals surface area contributed by atoms with Crippen molar-refractivity contribution in [3.8, 4) is 0 Å². The van der Waals surface area contributed by atoms with Gasteiger partial charge in [-0.1, -0.05) is 39.3 Å². The van der Waals surface area contributed by atoms with Gasteiger partial charge in [-0.15, -0.1) is 0 Å². The Morgan fingerprint density at radius 3 is 2.74 bits per heavy atom. The number of carbonyl (C=O) groups excluding carboxylic acids is 1. The molecule has 1 saturated carbocycles. The lowest BCUT2D eigenvalue weighted by Crippen LogP contribution is -2.38. The van der Waals surface area contributed by atoms with Crippen LogP contribution in [0.1, 0.15) is 77.4 Å². The van der Waals surface area contributed by atoms with Crippen LogP contribution in [0.25, 0.3) is 0 Å². The molecule has 128 valence electrons. The van der Waals surface area contributed by atoms with Gasteiger partial charge in [0.2, 0.25) is 11.8 Å². The Bertz CT molecular complexity index is 564. The number of hydrogen-bond acceptors (Lipinski definition) is 4. The smallest absolute Gasteiger partial charge is 0.229 e. The van der Waals surface area contributed by atoms with Crippen LogP contribution in [0.5, 0.6) is 0 Å². The average molecular weight is 319 g/mol. The molecule has 1 aromatic rings. The fourth-order valence-corrected chi connectivity index (χ4v) is 4.39. The first kappa shape index (κ1) is 16.5. The van der Waals surface area contributed by atoms with Crippen LogP contribution in [0.2, 0.25) is 0 Å². The van der Waals surface area contributed by atoms with Gasteiger partial charge in [0.1, 0.15) is 0 Å². The molecule has 2 fully saturated rings. The molecule has 2 aliphatic rings. The number of carbonyl (C=O) groups is 1. The summed E-state index contributed by atoms with van der Waals surface area (Å²) in [6.07, 6.45) is 5.27. The molecule has 5 heteroatoms. The maximum Gasteiger partial charge on any atom is 0.229 e. The number of hydrogen-bond donors (Lipinski definition) is 0. The minimum Gasteiger partial charge on any atom is -0.341 e. The van der Waals surface area contributed by atoms with E-state index < -0.39 is 0 Å². The van der Waals surface area contributed by atoms with E-state index in [1.807, 2.05) is 0 Å². The second-order valence-electron chi connectivity index (χ2n) is 7.59. The molecule has 2 heterocycles. The molecule has 1 aliphatic carbocycles. The summed E-state index contributed by atoms with van der Waals surface area (Å²) >= 11 is 0. The summed E-state index contributed by atoms with van der Waals surface area (Å²) in [5, 5.41) is 4.31. The molecule has 1 amide bonds. The monoisotopic (exact) mass is 319 g/mol. The van der Waals surface area contributed by atoms with E-state index in [9.17, 15) is 4.79 Å². The molecule has 2 atom stereocenters. The van der Waals surface area contributed by atoms with Crippen LogP contribution in [0.4, 0.5) is 0 Å². The summed E-state index contributed by atoms with van der Waals surface area (Å²) in [7, 11) is 0.